The highest BCUT2D eigenvalue weighted by molar-refractivity contribution is 5.93. The predicted molar refractivity (Wildman–Crippen MR) is 165 cm³/mol. The number of anilines is 4. The molecular formula is C31H33FN6O5. The third kappa shape index (κ3) is 5.94. The van der Waals surface area contributed by atoms with Crippen LogP contribution in [-0.4, -0.2) is 57.7 Å². The van der Waals surface area contributed by atoms with Crippen molar-refractivity contribution in [2.45, 2.75) is 33.7 Å². The Bertz CT molecular complexity index is 1840. The fourth-order valence-corrected chi connectivity index (χ4v) is 5.33. The predicted octanol–water partition coefficient (Wildman–Crippen LogP) is 4.52. The van der Waals surface area contributed by atoms with Gasteiger partial charge >= 0.3 is 12.0 Å². The average molecular weight is 589 g/mol. The van der Waals surface area contributed by atoms with Gasteiger partial charge in [-0.3, -0.25) is 9.59 Å². The first kappa shape index (κ1) is 29.4. The minimum atomic E-state index is -1.37. The number of aromatic amines is 1. The highest BCUT2D eigenvalue weighted by Gasteiger charge is 2.25. The first-order valence-corrected chi connectivity index (χ1v) is 14.1. The number of nitrogens with zero attached hydrogens (tertiary/aromatic N) is 3. The van der Waals surface area contributed by atoms with Crippen LogP contribution in [0, 0.1) is 12.7 Å². The molecular weight excluding hydrogens is 555 g/mol. The Labute approximate surface area is 246 Å². The zero-order valence-electron chi connectivity index (χ0n) is 24.2. The van der Waals surface area contributed by atoms with Crippen LogP contribution in [0.25, 0.3) is 10.9 Å². The Balaban J connectivity index is 1.25. The highest BCUT2D eigenvalue weighted by atomic mass is 19.1. The second-order valence-electron chi connectivity index (χ2n) is 10.4. The number of aryl methyl sites for hydroxylation is 3. The molecule has 4 aromatic rings. The minimum absolute atomic E-state index is 0.00275. The first-order valence-electron chi connectivity index (χ1n) is 14.1. The maximum absolute atomic E-state index is 15.2. The maximum atomic E-state index is 15.2. The molecule has 3 heterocycles. The fraction of sp³-hybridized carbons (Fsp3) is 0.290. The lowest BCUT2D eigenvalue weighted by Crippen LogP contribution is -2.50. The van der Waals surface area contributed by atoms with E-state index < -0.39 is 34.4 Å². The molecule has 5 rings (SSSR count). The molecule has 2 amide bonds. The third-order valence-corrected chi connectivity index (χ3v) is 7.79. The lowest BCUT2D eigenvalue weighted by Gasteiger charge is -2.36. The van der Waals surface area contributed by atoms with Crippen molar-refractivity contribution in [3.63, 3.8) is 0 Å². The van der Waals surface area contributed by atoms with Crippen molar-refractivity contribution in [1.29, 1.82) is 0 Å². The second kappa shape index (κ2) is 12.0. The van der Waals surface area contributed by atoms with Gasteiger partial charge in [-0.15, -0.1) is 0 Å². The Kier molecular flexibility index (Phi) is 8.20. The molecule has 1 aliphatic rings. The van der Waals surface area contributed by atoms with Crippen LogP contribution in [0.4, 0.5) is 32.1 Å². The van der Waals surface area contributed by atoms with Gasteiger partial charge < -0.3 is 35.1 Å². The van der Waals surface area contributed by atoms with Crippen LogP contribution in [0.2, 0.25) is 0 Å². The van der Waals surface area contributed by atoms with Gasteiger partial charge in [-0.25, -0.2) is 14.0 Å². The number of benzene rings is 2. The average Bonchev–Trinajstić information content (AvgIpc) is 2.99. The van der Waals surface area contributed by atoms with Crippen LogP contribution >= 0.6 is 0 Å². The van der Waals surface area contributed by atoms with Crippen molar-refractivity contribution in [1.82, 2.24) is 14.5 Å². The van der Waals surface area contributed by atoms with Gasteiger partial charge in [0.1, 0.15) is 22.9 Å². The highest BCUT2D eigenvalue weighted by Crippen LogP contribution is 2.27. The number of H-pyrrole nitrogens is 1. The van der Waals surface area contributed by atoms with Crippen molar-refractivity contribution in [2.75, 3.05) is 41.7 Å². The number of carboxylic acids is 1. The van der Waals surface area contributed by atoms with Gasteiger partial charge in [-0.05, 0) is 67.8 Å². The summed E-state index contributed by atoms with van der Waals surface area (Å²) in [5.41, 5.74) is 2.44. The van der Waals surface area contributed by atoms with Gasteiger partial charge in [0.05, 0.1) is 11.2 Å². The van der Waals surface area contributed by atoms with Crippen LogP contribution in [0.3, 0.4) is 0 Å². The van der Waals surface area contributed by atoms with Crippen molar-refractivity contribution in [3.05, 3.63) is 91.7 Å². The van der Waals surface area contributed by atoms with Crippen LogP contribution in [-0.2, 0) is 13.0 Å². The van der Waals surface area contributed by atoms with Crippen molar-refractivity contribution in [2.24, 2.45) is 0 Å². The Morgan fingerprint density at radius 1 is 1.02 bits per heavy atom. The Morgan fingerprint density at radius 2 is 1.77 bits per heavy atom. The zero-order valence-corrected chi connectivity index (χ0v) is 24.2. The van der Waals surface area contributed by atoms with Gasteiger partial charge in [0, 0.05) is 50.0 Å². The van der Waals surface area contributed by atoms with Crippen LogP contribution in [0.15, 0.2) is 58.3 Å². The number of urea groups is 1. The number of pyridine rings is 2. The van der Waals surface area contributed by atoms with E-state index in [1.165, 1.54) is 23.4 Å². The molecule has 43 heavy (non-hydrogen) atoms. The SMILES string of the molecule is CCc1cc(Nc2ccc(NC(=O)N3CCN(c4cc5c(cc4F)c(=O)c(C(=O)O)cn5CC)CC3)c(=O)[nH]2)ccc1C. The molecule has 0 aliphatic carbocycles. The second-order valence-corrected chi connectivity index (χ2v) is 10.4. The fourth-order valence-electron chi connectivity index (χ4n) is 5.33. The summed E-state index contributed by atoms with van der Waals surface area (Å²) in [6.07, 6.45) is 2.16. The number of carboxylic acid groups (broad SMARTS) is 1. The number of hydrogen-bond acceptors (Lipinski definition) is 6. The lowest BCUT2D eigenvalue weighted by atomic mass is 10.1. The summed E-state index contributed by atoms with van der Waals surface area (Å²) in [4.78, 5) is 55.9. The first-order chi connectivity index (χ1) is 20.6. The van der Waals surface area contributed by atoms with Gasteiger partial charge in [0.25, 0.3) is 5.56 Å². The van der Waals surface area contributed by atoms with Gasteiger partial charge in [-0.2, -0.15) is 0 Å². The van der Waals surface area contributed by atoms with Gasteiger partial charge in [-0.1, -0.05) is 13.0 Å². The van der Waals surface area contributed by atoms with E-state index in [4.69, 9.17) is 0 Å². The number of carbonyl (C=O) groups excluding carboxylic acids is 1. The number of amides is 2. The zero-order chi connectivity index (χ0) is 30.8. The van der Waals surface area contributed by atoms with Crippen LogP contribution in [0.5, 0.6) is 0 Å². The van der Waals surface area contributed by atoms with E-state index in [0.717, 1.165) is 18.2 Å². The summed E-state index contributed by atoms with van der Waals surface area (Å²) in [6, 6.07) is 11.4. The van der Waals surface area contributed by atoms with E-state index in [-0.39, 0.29) is 29.9 Å². The number of piperazine rings is 1. The standard InChI is InChI=1S/C31H33FN6O5/c1-4-19-14-20(7-6-18(19)3)33-27-9-8-24(29(40)35-27)34-31(43)38-12-10-37(11-13-38)26-16-25-21(15-23(26)32)28(39)22(30(41)42)17-36(25)5-2/h6-9,14-17H,4-5,10-13H2,1-3H3,(H,34,43)(H,41,42)(H2,33,35,40). The summed E-state index contributed by atoms with van der Waals surface area (Å²) in [5.74, 6) is -1.52. The van der Waals surface area contributed by atoms with Crippen molar-refractivity contribution < 1.29 is 19.1 Å². The Hall–Kier alpha value is -5.13. The van der Waals surface area contributed by atoms with Crippen LogP contribution < -0.4 is 26.5 Å². The summed E-state index contributed by atoms with van der Waals surface area (Å²) in [5, 5.41) is 15.2. The van der Waals surface area contributed by atoms with E-state index in [1.807, 2.05) is 18.2 Å². The topological polar surface area (TPSA) is 140 Å². The molecule has 0 atom stereocenters. The summed E-state index contributed by atoms with van der Waals surface area (Å²) >= 11 is 0. The molecule has 0 radical (unpaired) electrons. The van der Waals surface area contributed by atoms with Crippen LogP contribution in [0.1, 0.15) is 35.3 Å². The normalized spacial score (nSPS) is 13.3. The summed E-state index contributed by atoms with van der Waals surface area (Å²) in [6.45, 7) is 7.49. The minimum Gasteiger partial charge on any atom is -0.477 e. The molecule has 2 aromatic heterocycles. The van der Waals surface area contributed by atoms with E-state index >= 15 is 4.39 Å². The molecule has 224 valence electrons. The number of aromatic carboxylic acids is 1. The number of halogens is 1. The summed E-state index contributed by atoms with van der Waals surface area (Å²) in [7, 11) is 0. The molecule has 12 heteroatoms. The number of hydrogen-bond donors (Lipinski definition) is 4. The lowest BCUT2D eigenvalue weighted by molar-refractivity contribution is 0.0694. The molecule has 4 N–H and O–H groups in total. The molecule has 2 aromatic carbocycles. The molecule has 1 fully saturated rings. The largest absolute Gasteiger partial charge is 0.477 e. The maximum Gasteiger partial charge on any atom is 0.341 e. The molecule has 0 spiro atoms. The summed E-state index contributed by atoms with van der Waals surface area (Å²) < 4.78 is 16.8. The monoisotopic (exact) mass is 588 g/mol. The quantitative estimate of drug-likeness (QED) is 0.249. The molecule has 11 nitrogen and oxygen atoms in total. The molecule has 0 unspecified atom stereocenters. The third-order valence-electron chi connectivity index (χ3n) is 7.79. The number of aromatic nitrogens is 2. The molecule has 0 bridgehead atoms. The number of nitrogens with one attached hydrogen (secondary N) is 3. The van der Waals surface area contributed by atoms with E-state index in [0.29, 0.717) is 31.0 Å². The number of carbonyl (C=O) groups is 2. The van der Waals surface area contributed by atoms with E-state index in [9.17, 15) is 24.3 Å². The smallest absolute Gasteiger partial charge is 0.341 e. The Morgan fingerprint density at radius 3 is 2.42 bits per heavy atom. The molecule has 0 saturated carbocycles. The van der Waals surface area contributed by atoms with Gasteiger partial charge in [0.15, 0.2) is 0 Å². The van der Waals surface area contributed by atoms with E-state index in [1.54, 1.807) is 33.4 Å². The van der Waals surface area contributed by atoms with Crippen molar-refractivity contribution >= 4 is 45.8 Å². The van der Waals surface area contributed by atoms with Gasteiger partial charge in [0.2, 0.25) is 5.43 Å². The number of fused-ring (bicyclic) bond motifs is 1. The molecule has 1 aliphatic heterocycles. The van der Waals surface area contributed by atoms with Crippen molar-refractivity contribution in [3.8, 4) is 0 Å². The molecule has 1 saturated heterocycles. The number of rotatable bonds is 7. The van der Waals surface area contributed by atoms with E-state index in [2.05, 4.69) is 29.5 Å².